The van der Waals surface area contributed by atoms with E-state index in [9.17, 15) is 9.59 Å². The van der Waals surface area contributed by atoms with Crippen LogP contribution >= 0.6 is 0 Å². The highest BCUT2D eigenvalue weighted by molar-refractivity contribution is 5.81. The Hall–Kier alpha value is -2.83. The third-order valence-corrected chi connectivity index (χ3v) is 2.31. The summed E-state index contributed by atoms with van der Waals surface area (Å²) in [5.41, 5.74) is 1.07. The summed E-state index contributed by atoms with van der Waals surface area (Å²) in [6, 6.07) is 9.08. The Morgan fingerprint density at radius 2 is 2.05 bits per heavy atom. The minimum Gasteiger partial charge on any atom is -0.481 e. The first-order valence-electron chi connectivity index (χ1n) is 5.77. The number of benzene rings is 1. The number of aliphatic carboxylic acids is 1. The fourth-order valence-corrected chi connectivity index (χ4v) is 1.45. The zero-order chi connectivity index (χ0) is 14.4. The van der Waals surface area contributed by atoms with E-state index in [1.807, 2.05) is 30.3 Å². The number of aromatic nitrogens is 1. The molecule has 0 radical (unpaired) electrons. The van der Waals surface area contributed by atoms with Crippen molar-refractivity contribution in [1.29, 1.82) is 0 Å². The summed E-state index contributed by atoms with van der Waals surface area (Å²) in [4.78, 5) is 25.7. The molecule has 0 atom stereocenters. The molecule has 2 aromatic rings. The lowest BCUT2D eigenvalue weighted by molar-refractivity contribution is -0.136. The quantitative estimate of drug-likeness (QED) is 0.866. The number of hydrogen-bond donors (Lipinski definition) is 2. The molecule has 0 saturated carbocycles. The maximum atomic E-state index is 11.5. The van der Waals surface area contributed by atoms with Gasteiger partial charge in [-0.25, -0.2) is 10.1 Å². The van der Waals surface area contributed by atoms with E-state index in [-0.39, 0.29) is 24.7 Å². The first-order chi connectivity index (χ1) is 9.63. The number of rotatable bonds is 5. The average Bonchev–Trinajstić information content (AvgIpc) is 2.84. The number of oxazole rings is 1. The van der Waals surface area contributed by atoms with E-state index in [1.165, 1.54) is 6.26 Å². The Balaban J connectivity index is 1.82. The molecule has 1 aromatic heterocycles. The van der Waals surface area contributed by atoms with Crippen molar-refractivity contribution in [3.8, 4) is 0 Å². The van der Waals surface area contributed by atoms with Gasteiger partial charge in [-0.1, -0.05) is 30.3 Å². The van der Waals surface area contributed by atoms with E-state index in [2.05, 4.69) is 10.3 Å². The van der Waals surface area contributed by atoms with Gasteiger partial charge in [-0.3, -0.25) is 4.79 Å². The minimum atomic E-state index is -1.03. The molecule has 0 aliphatic rings. The smallest absolute Gasteiger partial charge is 0.415 e. The number of ether oxygens (including phenoxy) is 1. The molecular weight excluding hydrogens is 264 g/mol. The molecule has 0 unspecified atom stereocenters. The third-order valence-electron chi connectivity index (χ3n) is 2.31. The van der Waals surface area contributed by atoms with Gasteiger partial charge in [0.15, 0.2) is 0 Å². The lowest BCUT2D eigenvalue weighted by Gasteiger charge is -2.03. The van der Waals surface area contributed by atoms with Crippen LogP contribution in [-0.2, 0) is 22.6 Å². The zero-order valence-electron chi connectivity index (χ0n) is 10.4. The summed E-state index contributed by atoms with van der Waals surface area (Å²) < 4.78 is 9.86. The van der Waals surface area contributed by atoms with Crippen molar-refractivity contribution in [2.45, 2.75) is 13.0 Å². The number of carboxylic acids is 1. The molecule has 7 nitrogen and oxygen atoms in total. The van der Waals surface area contributed by atoms with Gasteiger partial charge in [-0.15, -0.1) is 0 Å². The summed E-state index contributed by atoms with van der Waals surface area (Å²) in [5.74, 6) is -1.03. The number of carbonyl (C=O) groups is 2. The van der Waals surface area contributed by atoms with Crippen LogP contribution in [0.3, 0.4) is 0 Å². The van der Waals surface area contributed by atoms with Crippen LogP contribution in [0.5, 0.6) is 0 Å². The first-order valence-corrected chi connectivity index (χ1v) is 5.77. The molecule has 7 heteroatoms. The van der Waals surface area contributed by atoms with Gasteiger partial charge < -0.3 is 14.3 Å². The Labute approximate surface area is 114 Å². The van der Waals surface area contributed by atoms with E-state index in [0.717, 1.165) is 5.56 Å². The van der Waals surface area contributed by atoms with Crippen LogP contribution in [-0.4, -0.2) is 22.2 Å². The molecule has 20 heavy (non-hydrogen) atoms. The monoisotopic (exact) mass is 276 g/mol. The number of carboxylic acid groups (broad SMARTS) is 1. The highest BCUT2D eigenvalue weighted by atomic mass is 16.6. The second-order valence-corrected chi connectivity index (χ2v) is 3.90. The molecular formula is C13H12N2O5. The number of anilines is 1. The maximum Gasteiger partial charge on any atom is 0.415 e. The van der Waals surface area contributed by atoms with Gasteiger partial charge >= 0.3 is 18.1 Å². The van der Waals surface area contributed by atoms with Gasteiger partial charge in [0.1, 0.15) is 12.9 Å². The molecule has 0 saturated heterocycles. The molecule has 0 spiro atoms. The Morgan fingerprint density at radius 1 is 1.30 bits per heavy atom. The molecule has 1 aromatic carbocycles. The Kier molecular flexibility index (Phi) is 4.33. The van der Waals surface area contributed by atoms with Crippen LogP contribution in [0.4, 0.5) is 10.8 Å². The van der Waals surface area contributed by atoms with E-state index < -0.39 is 12.1 Å². The van der Waals surface area contributed by atoms with Gasteiger partial charge in [0.2, 0.25) is 0 Å². The van der Waals surface area contributed by atoms with Crippen LogP contribution in [0, 0.1) is 0 Å². The fraction of sp³-hybridized carbons (Fsp3) is 0.154. The molecule has 1 heterocycles. The van der Waals surface area contributed by atoms with E-state index in [4.69, 9.17) is 14.3 Å². The molecule has 2 rings (SSSR count). The molecule has 0 fully saturated rings. The third kappa shape index (κ3) is 4.13. The molecule has 0 bridgehead atoms. The number of amides is 1. The predicted molar refractivity (Wildman–Crippen MR) is 68.1 cm³/mol. The van der Waals surface area contributed by atoms with Crippen LogP contribution < -0.4 is 5.32 Å². The molecule has 2 N–H and O–H groups in total. The Bertz CT molecular complexity index is 594. The average molecular weight is 276 g/mol. The van der Waals surface area contributed by atoms with E-state index in [1.54, 1.807) is 0 Å². The maximum absolute atomic E-state index is 11.5. The normalized spacial score (nSPS) is 10.0. The second kappa shape index (κ2) is 6.37. The molecule has 0 aliphatic carbocycles. The summed E-state index contributed by atoms with van der Waals surface area (Å²) >= 11 is 0. The first kappa shape index (κ1) is 13.6. The van der Waals surface area contributed by atoms with Crippen molar-refractivity contribution < 1.29 is 23.8 Å². The summed E-state index contributed by atoms with van der Waals surface area (Å²) in [6.45, 7) is 0.120. The number of carbonyl (C=O) groups excluding carboxylic acids is 1. The lowest BCUT2D eigenvalue weighted by atomic mass is 10.2. The van der Waals surface area contributed by atoms with Crippen molar-refractivity contribution in [3.63, 3.8) is 0 Å². The van der Waals surface area contributed by atoms with Gasteiger partial charge in [0, 0.05) is 0 Å². The molecule has 104 valence electrons. The van der Waals surface area contributed by atoms with Gasteiger partial charge in [-0.2, -0.15) is 4.98 Å². The number of nitrogens with one attached hydrogen (secondary N) is 1. The van der Waals surface area contributed by atoms with Gasteiger partial charge in [0.25, 0.3) is 0 Å². The second-order valence-electron chi connectivity index (χ2n) is 3.90. The van der Waals surface area contributed by atoms with Crippen LogP contribution in [0.25, 0.3) is 0 Å². The largest absolute Gasteiger partial charge is 0.481 e. The van der Waals surface area contributed by atoms with Gasteiger partial charge in [-0.05, 0) is 5.56 Å². The number of nitrogens with zero attached hydrogens (tertiary/aromatic N) is 1. The molecule has 0 aliphatic heterocycles. The fourth-order valence-electron chi connectivity index (χ4n) is 1.45. The van der Waals surface area contributed by atoms with E-state index >= 15 is 0 Å². The van der Waals surface area contributed by atoms with Crippen LogP contribution in [0.2, 0.25) is 0 Å². The zero-order valence-corrected chi connectivity index (χ0v) is 10.4. The summed E-state index contributed by atoms with van der Waals surface area (Å²) in [5, 5.41) is 10.8. The van der Waals surface area contributed by atoms with Crippen molar-refractivity contribution in [3.05, 3.63) is 47.9 Å². The van der Waals surface area contributed by atoms with E-state index in [0.29, 0.717) is 0 Å². The van der Waals surface area contributed by atoms with Crippen molar-refractivity contribution in [2.24, 2.45) is 0 Å². The van der Waals surface area contributed by atoms with Crippen molar-refractivity contribution >= 4 is 18.1 Å². The topological polar surface area (TPSA) is 102 Å². The van der Waals surface area contributed by atoms with Crippen molar-refractivity contribution in [2.75, 3.05) is 5.32 Å². The number of hydrogen-bond acceptors (Lipinski definition) is 5. The van der Waals surface area contributed by atoms with Crippen molar-refractivity contribution in [1.82, 2.24) is 4.98 Å². The Morgan fingerprint density at radius 3 is 2.75 bits per heavy atom. The summed E-state index contributed by atoms with van der Waals surface area (Å²) in [6.07, 6.45) is 0.170. The van der Waals surface area contributed by atoms with Crippen LogP contribution in [0.15, 0.2) is 41.0 Å². The van der Waals surface area contributed by atoms with Gasteiger partial charge in [0.05, 0.1) is 12.1 Å². The SMILES string of the molecule is O=C(O)Cc1coc(NC(=O)OCc2ccccc2)n1. The molecule has 1 amide bonds. The highest BCUT2D eigenvalue weighted by Crippen LogP contribution is 2.09. The minimum absolute atomic E-state index is 0.0979. The predicted octanol–water partition coefficient (Wildman–Crippen LogP) is 2.05. The highest BCUT2D eigenvalue weighted by Gasteiger charge is 2.11. The lowest BCUT2D eigenvalue weighted by Crippen LogP contribution is -2.13. The van der Waals surface area contributed by atoms with Crippen LogP contribution in [0.1, 0.15) is 11.3 Å². The standard InChI is InChI=1S/C13H12N2O5/c16-11(17)6-10-8-19-12(14-10)15-13(18)20-7-9-4-2-1-3-5-9/h1-5,8H,6-7H2,(H,16,17)(H,14,15,18). The summed E-state index contributed by atoms with van der Waals surface area (Å²) in [7, 11) is 0.